The maximum atomic E-state index is 13.8. The molecule has 0 aliphatic carbocycles. The van der Waals surface area contributed by atoms with Crippen LogP contribution in [0.25, 0.3) is 10.9 Å². The molecule has 0 saturated heterocycles. The van der Waals surface area contributed by atoms with Crippen LogP contribution in [0.2, 0.25) is 0 Å². The first kappa shape index (κ1) is 14.0. The molecule has 1 heterocycles. The molecule has 0 fully saturated rings. The number of hydrogen-bond donors (Lipinski definition) is 1. The van der Waals surface area contributed by atoms with Gasteiger partial charge in [0.15, 0.2) is 11.6 Å². The molecule has 0 radical (unpaired) electrons. The van der Waals surface area contributed by atoms with Crippen molar-refractivity contribution in [2.75, 3.05) is 0 Å². The summed E-state index contributed by atoms with van der Waals surface area (Å²) in [5, 5.41) is 0.972. The van der Waals surface area contributed by atoms with Crippen molar-refractivity contribution in [2.45, 2.75) is 6.54 Å². The van der Waals surface area contributed by atoms with Crippen LogP contribution in [-0.4, -0.2) is 4.98 Å². The molecule has 2 aromatic carbocycles. The van der Waals surface area contributed by atoms with E-state index in [9.17, 15) is 4.39 Å². The Balaban J connectivity index is 2.08. The second-order valence-electron chi connectivity index (χ2n) is 4.53. The molecule has 0 aliphatic rings. The zero-order valence-corrected chi connectivity index (χ0v) is 12.6. The van der Waals surface area contributed by atoms with E-state index in [0.717, 1.165) is 20.9 Å². The molecule has 5 heteroatoms. The highest BCUT2D eigenvalue weighted by atomic mass is 79.9. The maximum absolute atomic E-state index is 13.8. The molecule has 3 rings (SSSR count). The zero-order valence-electron chi connectivity index (χ0n) is 11.0. The average molecular weight is 347 g/mol. The second-order valence-corrected chi connectivity index (χ2v) is 5.44. The van der Waals surface area contributed by atoms with Crippen LogP contribution < -0.4 is 10.5 Å². The summed E-state index contributed by atoms with van der Waals surface area (Å²) in [4.78, 5) is 4.43. The average Bonchev–Trinajstić information content (AvgIpc) is 2.50. The normalized spacial score (nSPS) is 10.8. The molecule has 21 heavy (non-hydrogen) atoms. The van der Waals surface area contributed by atoms with E-state index in [1.165, 1.54) is 6.07 Å². The van der Waals surface area contributed by atoms with E-state index in [0.29, 0.717) is 5.88 Å². The summed E-state index contributed by atoms with van der Waals surface area (Å²) in [6.07, 6.45) is 0. The lowest BCUT2D eigenvalue weighted by atomic mass is 10.1. The lowest BCUT2D eigenvalue weighted by Gasteiger charge is -2.11. The Bertz CT molecular complexity index is 807. The van der Waals surface area contributed by atoms with Crippen LogP contribution in [0.15, 0.2) is 53.0 Å². The van der Waals surface area contributed by atoms with Gasteiger partial charge in [-0.15, -0.1) is 0 Å². The largest absolute Gasteiger partial charge is 0.436 e. The molecule has 1 aromatic heterocycles. The minimum Gasteiger partial charge on any atom is -0.436 e. The predicted octanol–water partition coefficient (Wildman–Crippen LogP) is 4.39. The Hall–Kier alpha value is -1.98. The third-order valence-corrected chi connectivity index (χ3v) is 3.58. The van der Waals surface area contributed by atoms with E-state index in [1.54, 1.807) is 12.1 Å². The van der Waals surface area contributed by atoms with Gasteiger partial charge in [-0.3, -0.25) is 0 Å². The van der Waals surface area contributed by atoms with E-state index >= 15 is 0 Å². The van der Waals surface area contributed by atoms with Gasteiger partial charge in [0.1, 0.15) is 0 Å². The summed E-state index contributed by atoms with van der Waals surface area (Å²) in [6.45, 7) is 0.267. The molecule has 0 saturated carbocycles. The van der Waals surface area contributed by atoms with Crippen LogP contribution in [-0.2, 0) is 6.54 Å². The number of aromatic nitrogens is 1. The molecule has 3 nitrogen and oxygen atoms in total. The monoisotopic (exact) mass is 346 g/mol. The molecule has 3 aromatic rings. The highest BCUT2D eigenvalue weighted by molar-refractivity contribution is 9.10. The molecule has 0 bridgehead atoms. The summed E-state index contributed by atoms with van der Waals surface area (Å²) in [7, 11) is 0. The Kier molecular flexibility index (Phi) is 3.86. The van der Waals surface area contributed by atoms with Gasteiger partial charge in [-0.1, -0.05) is 34.1 Å². The fraction of sp³-hybridized carbons (Fsp3) is 0.0625. The molecule has 0 aliphatic heterocycles. The first-order valence-corrected chi connectivity index (χ1v) is 7.18. The first-order chi connectivity index (χ1) is 10.2. The Morgan fingerprint density at radius 1 is 1.14 bits per heavy atom. The zero-order chi connectivity index (χ0) is 14.8. The van der Waals surface area contributed by atoms with Crippen LogP contribution in [0, 0.1) is 5.82 Å². The van der Waals surface area contributed by atoms with Crippen molar-refractivity contribution in [1.29, 1.82) is 0 Å². The van der Waals surface area contributed by atoms with Crippen molar-refractivity contribution < 1.29 is 9.13 Å². The standard InChI is InChI=1S/C16H12BrFN2O/c17-12-5-6-13(18)15(8-12)21-16-11(9-19)7-10-3-1-2-4-14(10)20-16/h1-8H,9,19H2. The number of hydrogen-bond acceptors (Lipinski definition) is 3. The van der Waals surface area contributed by atoms with Gasteiger partial charge in [-0.05, 0) is 30.3 Å². The molecule has 0 spiro atoms. The number of rotatable bonds is 3. The lowest BCUT2D eigenvalue weighted by molar-refractivity contribution is 0.424. The van der Waals surface area contributed by atoms with Gasteiger partial charge in [0.05, 0.1) is 5.52 Å². The molecule has 2 N–H and O–H groups in total. The Labute approximate surface area is 129 Å². The summed E-state index contributed by atoms with van der Waals surface area (Å²) in [6, 6.07) is 14.1. The molecule has 0 unspecified atom stereocenters. The van der Waals surface area contributed by atoms with Gasteiger partial charge in [0.2, 0.25) is 5.88 Å². The lowest BCUT2D eigenvalue weighted by Crippen LogP contribution is -2.02. The van der Waals surface area contributed by atoms with Crippen molar-refractivity contribution in [3.63, 3.8) is 0 Å². The highest BCUT2D eigenvalue weighted by Gasteiger charge is 2.11. The van der Waals surface area contributed by atoms with Crippen molar-refractivity contribution in [2.24, 2.45) is 5.73 Å². The maximum Gasteiger partial charge on any atom is 0.224 e. The smallest absolute Gasteiger partial charge is 0.224 e. The van der Waals surface area contributed by atoms with E-state index in [4.69, 9.17) is 10.5 Å². The van der Waals surface area contributed by atoms with E-state index in [1.807, 2.05) is 30.3 Å². The SMILES string of the molecule is NCc1cc2ccccc2nc1Oc1cc(Br)ccc1F. The number of halogens is 2. The van der Waals surface area contributed by atoms with E-state index < -0.39 is 5.82 Å². The summed E-state index contributed by atoms with van der Waals surface area (Å²) < 4.78 is 20.2. The fourth-order valence-corrected chi connectivity index (χ4v) is 2.38. The van der Waals surface area contributed by atoms with Gasteiger partial charge in [0, 0.05) is 22.0 Å². The highest BCUT2D eigenvalue weighted by Crippen LogP contribution is 2.30. The number of benzene rings is 2. The third kappa shape index (κ3) is 2.89. The minimum atomic E-state index is -0.448. The molecular weight excluding hydrogens is 335 g/mol. The van der Waals surface area contributed by atoms with Crippen molar-refractivity contribution in [3.8, 4) is 11.6 Å². The Morgan fingerprint density at radius 2 is 1.95 bits per heavy atom. The van der Waals surface area contributed by atoms with Gasteiger partial charge in [0.25, 0.3) is 0 Å². The number of para-hydroxylation sites is 1. The number of fused-ring (bicyclic) bond motifs is 1. The molecule has 0 atom stereocenters. The van der Waals surface area contributed by atoms with Crippen LogP contribution >= 0.6 is 15.9 Å². The number of nitrogens with zero attached hydrogens (tertiary/aromatic N) is 1. The summed E-state index contributed by atoms with van der Waals surface area (Å²) in [5.74, 6) is -0.00816. The molecule has 106 valence electrons. The summed E-state index contributed by atoms with van der Waals surface area (Å²) >= 11 is 3.29. The fourth-order valence-electron chi connectivity index (χ4n) is 2.04. The molecular formula is C16H12BrFN2O. The summed E-state index contributed by atoms with van der Waals surface area (Å²) in [5.41, 5.74) is 7.25. The van der Waals surface area contributed by atoms with Gasteiger partial charge in [-0.25, -0.2) is 9.37 Å². The topological polar surface area (TPSA) is 48.1 Å². The number of pyridine rings is 1. The van der Waals surface area contributed by atoms with Crippen molar-refractivity contribution in [1.82, 2.24) is 4.98 Å². The van der Waals surface area contributed by atoms with Crippen LogP contribution in [0.4, 0.5) is 4.39 Å². The molecule has 0 amide bonds. The van der Waals surface area contributed by atoms with Gasteiger partial charge in [-0.2, -0.15) is 0 Å². The van der Waals surface area contributed by atoms with E-state index in [-0.39, 0.29) is 12.3 Å². The second kappa shape index (κ2) is 5.79. The number of ether oxygens (including phenoxy) is 1. The third-order valence-electron chi connectivity index (χ3n) is 3.08. The van der Waals surface area contributed by atoms with Gasteiger partial charge < -0.3 is 10.5 Å². The van der Waals surface area contributed by atoms with Gasteiger partial charge >= 0.3 is 0 Å². The minimum absolute atomic E-state index is 0.113. The predicted molar refractivity (Wildman–Crippen MR) is 83.8 cm³/mol. The van der Waals surface area contributed by atoms with E-state index in [2.05, 4.69) is 20.9 Å². The Morgan fingerprint density at radius 3 is 2.76 bits per heavy atom. The number of nitrogens with two attached hydrogens (primary N) is 1. The van der Waals surface area contributed by atoms with Crippen LogP contribution in [0.5, 0.6) is 11.6 Å². The first-order valence-electron chi connectivity index (χ1n) is 6.39. The van der Waals surface area contributed by atoms with Crippen LogP contribution in [0.3, 0.4) is 0 Å². The van der Waals surface area contributed by atoms with Crippen LogP contribution in [0.1, 0.15) is 5.56 Å². The van der Waals surface area contributed by atoms with Crippen molar-refractivity contribution in [3.05, 3.63) is 64.4 Å². The van der Waals surface area contributed by atoms with Crippen molar-refractivity contribution >= 4 is 26.8 Å². The quantitative estimate of drug-likeness (QED) is 0.765.